The third-order valence-corrected chi connectivity index (χ3v) is 4.18. The smallest absolute Gasteiger partial charge is 0.325 e. The van der Waals surface area contributed by atoms with Gasteiger partial charge in [-0.15, -0.1) is 0 Å². The summed E-state index contributed by atoms with van der Waals surface area (Å²) in [7, 11) is -4.11. The Morgan fingerprint density at radius 1 is 1.35 bits per heavy atom. The number of carbonyl (C=O) groups is 2. The highest BCUT2D eigenvalue weighted by molar-refractivity contribution is 7.86. The lowest BCUT2D eigenvalue weighted by molar-refractivity contribution is -0.141. The number of rotatable bonds is 4. The number of hydrogen-bond acceptors (Lipinski definition) is 4. The van der Waals surface area contributed by atoms with Crippen LogP contribution in [0, 0.1) is 5.92 Å². The molecule has 1 fully saturated rings. The Hall–Kier alpha value is -1.15. The van der Waals surface area contributed by atoms with Crippen LogP contribution in [0.5, 0.6) is 0 Å². The van der Waals surface area contributed by atoms with Crippen molar-refractivity contribution in [2.45, 2.75) is 37.5 Å². The molecule has 0 saturated heterocycles. The first kappa shape index (κ1) is 13.9. The quantitative estimate of drug-likeness (QED) is 0.596. The fourth-order valence-corrected chi connectivity index (χ4v) is 2.75. The predicted molar refractivity (Wildman–Crippen MR) is 57.9 cm³/mol. The summed E-state index contributed by atoms with van der Waals surface area (Å²) < 4.78 is 30.6. The average molecular weight is 265 g/mol. The maximum atomic E-state index is 11.6. The van der Waals surface area contributed by atoms with Crippen molar-refractivity contribution < 1.29 is 27.7 Å². The molecule has 98 valence electrons. The first-order valence-electron chi connectivity index (χ1n) is 5.21. The van der Waals surface area contributed by atoms with Gasteiger partial charge in [0.15, 0.2) is 0 Å². The summed E-state index contributed by atoms with van der Waals surface area (Å²) >= 11 is 0. The molecule has 0 aromatic heterocycles. The van der Waals surface area contributed by atoms with E-state index in [0.29, 0.717) is 6.42 Å². The number of nitrogens with one attached hydrogen (secondary N) is 1. The van der Waals surface area contributed by atoms with E-state index < -0.39 is 39.2 Å². The second kappa shape index (κ2) is 5.01. The van der Waals surface area contributed by atoms with E-state index in [1.54, 1.807) is 0 Å². The molecule has 8 heteroatoms. The summed E-state index contributed by atoms with van der Waals surface area (Å²) in [6.45, 7) is 1.33. The zero-order chi connectivity index (χ0) is 13.2. The lowest BCUT2D eigenvalue weighted by Gasteiger charge is -2.13. The molecule has 1 rings (SSSR count). The summed E-state index contributed by atoms with van der Waals surface area (Å²) in [6, 6.07) is -1.01. The number of amides is 1. The molecular weight excluding hydrogens is 250 g/mol. The molecule has 0 bridgehead atoms. The Labute approximate surface area is 98.9 Å². The van der Waals surface area contributed by atoms with Crippen LogP contribution in [0.4, 0.5) is 0 Å². The molecule has 3 N–H and O–H groups in total. The highest BCUT2D eigenvalue weighted by Crippen LogP contribution is 2.30. The SMILES string of the molecule is C[C@H](NC(=O)[C@H]1CC[C@@H](S(=O)(=O)O)C1)C(=O)O. The van der Waals surface area contributed by atoms with Gasteiger partial charge in [-0.25, -0.2) is 0 Å². The van der Waals surface area contributed by atoms with Gasteiger partial charge in [-0.05, 0) is 26.2 Å². The maximum Gasteiger partial charge on any atom is 0.325 e. The Morgan fingerprint density at radius 2 is 1.94 bits per heavy atom. The van der Waals surface area contributed by atoms with Gasteiger partial charge >= 0.3 is 5.97 Å². The Bertz CT molecular complexity index is 417. The van der Waals surface area contributed by atoms with Crippen LogP contribution in [0.3, 0.4) is 0 Å². The van der Waals surface area contributed by atoms with Gasteiger partial charge in [0.25, 0.3) is 10.1 Å². The summed E-state index contributed by atoms with van der Waals surface area (Å²) in [4.78, 5) is 22.1. The van der Waals surface area contributed by atoms with Crippen molar-refractivity contribution in [1.82, 2.24) is 5.32 Å². The van der Waals surface area contributed by atoms with E-state index in [0.717, 1.165) is 0 Å². The number of carboxylic acids is 1. The molecule has 1 amide bonds. The van der Waals surface area contributed by atoms with Crippen LogP contribution >= 0.6 is 0 Å². The van der Waals surface area contributed by atoms with E-state index in [2.05, 4.69) is 5.32 Å². The van der Waals surface area contributed by atoms with E-state index in [1.165, 1.54) is 6.92 Å². The minimum absolute atomic E-state index is 0.0387. The second-order valence-electron chi connectivity index (χ2n) is 4.22. The molecule has 0 spiro atoms. The highest BCUT2D eigenvalue weighted by atomic mass is 32.2. The van der Waals surface area contributed by atoms with Crippen LogP contribution in [-0.4, -0.2) is 41.2 Å². The Morgan fingerprint density at radius 3 is 2.35 bits per heavy atom. The molecule has 1 saturated carbocycles. The van der Waals surface area contributed by atoms with E-state index in [4.69, 9.17) is 9.66 Å². The summed E-state index contributed by atoms with van der Waals surface area (Å²) in [6.07, 6.45) is 0.595. The van der Waals surface area contributed by atoms with Crippen LogP contribution in [0.15, 0.2) is 0 Å². The lowest BCUT2D eigenvalue weighted by Crippen LogP contribution is -2.41. The second-order valence-corrected chi connectivity index (χ2v) is 5.91. The molecule has 7 nitrogen and oxygen atoms in total. The molecule has 0 radical (unpaired) electrons. The van der Waals surface area contributed by atoms with Gasteiger partial charge in [-0.1, -0.05) is 0 Å². The van der Waals surface area contributed by atoms with E-state index in [-0.39, 0.29) is 12.8 Å². The van der Waals surface area contributed by atoms with Crippen molar-refractivity contribution in [3.05, 3.63) is 0 Å². The van der Waals surface area contributed by atoms with Gasteiger partial charge in [0.2, 0.25) is 5.91 Å². The predicted octanol–water partition coefficient (Wildman–Crippen LogP) is -0.368. The van der Waals surface area contributed by atoms with Gasteiger partial charge < -0.3 is 10.4 Å². The van der Waals surface area contributed by atoms with Crippen molar-refractivity contribution in [1.29, 1.82) is 0 Å². The minimum Gasteiger partial charge on any atom is -0.480 e. The maximum absolute atomic E-state index is 11.6. The molecule has 0 heterocycles. The molecule has 0 aromatic rings. The van der Waals surface area contributed by atoms with E-state index in [9.17, 15) is 18.0 Å². The van der Waals surface area contributed by atoms with Crippen LogP contribution in [-0.2, 0) is 19.7 Å². The zero-order valence-electron chi connectivity index (χ0n) is 9.29. The summed E-state index contributed by atoms with van der Waals surface area (Å²) in [5.74, 6) is -2.18. The van der Waals surface area contributed by atoms with Crippen LogP contribution in [0.1, 0.15) is 26.2 Å². The summed E-state index contributed by atoms with van der Waals surface area (Å²) in [5.41, 5.74) is 0. The molecule has 0 aliphatic heterocycles. The van der Waals surface area contributed by atoms with Crippen molar-refractivity contribution >= 4 is 22.0 Å². The normalized spacial score (nSPS) is 26.5. The topological polar surface area (TPSA) is 121 Å². The Kier molecular flexibility index (Phi) is 4.10. The van der Waals surface area contributed by atoms with Gasteiger partial charge in [-0.2, -0.15) is 8.42 Å². The molecular formula is C9H15NO6S. The molecule has 1 aliphatic carbocycles. The van der Waals surface area contributed by atoms with Crippen LogP contribution < -0.4 is 5.32 Å². The summed E-state index contributed by atoms with van der Waals surface area (Å²) in [5, 5.41) is 9.96. The average Bonchev–Trinajstić information content (AvgIpc) is 2.65. The van der Waals surface area contributed by atoms with Crippen LogP contribution in [0.25, 0.3) is 0 Å². The molecule has 17 heavy (non-hydrogen) atoms. The van der Waals surface area contributed by atoms with Gasteiger partial charge in [0, 0.05) is 5.92 Å². The Balaban J connectivity index is 2.55. The lowest BCUT2D eigenvalue weighted by atomic mass is 10.1. The fraction of sp³-hybridized carbons (Fsp3) is 0.778. The highest BCUT2D eigenvalue weighted by Gasteiger charge is 2.37. The van der Waals surface area contributed by atoms with E-state index in [1.807, 2.05) is 0 Å². The molecule has 1 aliphatic rings. The van der Waals surface area contributed by atoms with Gasteiger partial charge in [0.1, 0.15) is 6.04 Å². The zero-order valence-corrected chi connectivity index (χ0v) is 10.1. The minimum atomic E-state index is -4.11. The largest absolute Gasteiger partial charge is 0.480 e. The molecule has 0 unspecified atom stereocenters. The van der Waals surface area contributed by atoms with Gasteiger partial charge in [-0.3, -0.25) is 14.1 Å². The third kappa shape index (κ3) is 3.67. The number of carbonyl (C=O) groups excluding carboxylic acids is 1. The molecule has 0 aromatic carbocycles. The number of aliphatic carboxylic acids is 1. The van der Waals surface area contributed by atoms with E-state index >= 15 is 0 Å². The van der Waals surface area contributed by atoms with Gasteiger partial charge in [0.05, 0.1) is 5.25 Å². The van der Waals surface area contributed by atoms with Crippen molar-refractivity contribution in [2.24, 2.45) is 5.92 Å². The molecule has 3 atom stereocenters. The van der Waals surface area contributed by atoms with Crippen molar-refractivity contribution in [3.8, 4) is 0 Å². The fourth-order valence-electron chi connectivity index (χ4n) is 1.84. The first-order valence-corrected chi connectivity index (χ1v) is 6.71. The first-order chi connectivity index (χ1) is 7.71. The monoisotopic (exact) mass is 265 g/mol. The van der Waals surface area contributed by atoms with Crippen molar-refractivity contribution in [2.75, 3.05) is 0 Å². The number of hydrogen-bond donors (Lipinski definition) is 3. The van der Waals surface area contributed by atoms with Crippen LogP contribution in [0.2, 0.25) is 0 Å². The third-order valence-electron chi connectivity index (χ3n) is 2.91. The standard InChI is InChI=1S/C9H15NO6S/c1-5(9(12)13)10-8(11)6-2-3-7(4-6)17(14,15)16/h5-7H,2-4H2,1H3,(H,10,11)(H,12,13)(H,14,15,16)/t5-,6-,7+/m0/s1. The van der Waals surface area contributed by atoms with Crippen molar-refractivity contribution in [3.63, 3.8) is 0 Å². The number of carboxylic acid groups (broad SMARTS) is 1.